The monoisotopic (exact) mass is 242 g/mol. The zero-order valence-corrected chi connectivity index (χ0v) is 10.0. The van der Waals surface area contributed by atoms with Gasteiger partial charge in [0.05, 0.1) is 13.7 Å². The molecule has 1 N–H and O–H groups in total. The first-order valence-corrected chi connectivity index (χ1v) is 6.11. The molecule has 0 aromatic heterocycles. The van der Waals surface area contributed by atoms with E-state index in [-0.39, 0.29) is 5.56 Å². The molecule has 0 radical (unpaired) electrons. The van der Waals surface area contributed by atoms with E-state index in [1.165, 1.54) is 13.2 Å². The number of methoxy groups -OCH3 is 1. The summed E-state index contributed by atoms with van der Waals surface area (Å²) in [5.41, 5.74) is 0.139. The van der Waals surface area contributed by atoms with Crippen LogP contribution in [0.4, 0.5) is 0 Å². The Morgan fingerprint density at radius 1 is 1.50 bits per heavy atom. The Labute approximate surface area is 98.6 Å². The molecule has 4 nitrogen and oxygen atoms in total. The Hall–Kier alpha value is -1.36. The zero-order chi connectivity index (χ0) is 12.0. The summed E-state index contributed by atoms with van der Waals surface area (Å²) in [4.78, 5) is 10.8. The molecule has 0 unspecified atom stereocenters. The highest BCUT2D eigenvalue weighted by Crippen LogP contribution is 2.24. The van der Waals surface area contributed by atoms with E-state index in [0.29, 0.717) is 18.1 Å². The number of thioether (sulfide) groups is 1. The molecule has 0 aliphatic carbocycles. The van der Waals surface area contributed by atoms with Gasteiger partial charge in [-0.2, -0.15) is 11.8 Å². The number of carbonyl (C=O) groups is 1. The van der Waals surface area contributed by atoms with Crippen molar-refractivity contribution in [2.24, 2.45) is 0 Å². The average Bonchev–Trinajstić information content (AvgIpc) is 2.29. The summed E-state index contributed by atoms with van der Waals surface area (Å²) < 4.78 is 10.4. The number of benzene rings is 1. The van der Waals surface area contributed by atoms with Crippen LogP contribution in [-0.4, -0.2) is 36.8 Å². The van der Waals surface area contributed by atoms with Crippen LogP contribution < -0.4 is 9.47 Å². The van der Waals surface area contributed by atoms with Crippen molar-refractivity contribution in [2.45, 2.75) is 0 Å². The molecule has 0 saturated carbocycles. The molecular weight excluding hydrogens is 228 g/mol. The van der Waals surface area contributed by atoms with E-state index >= 15 is 0 Å². The first kappa shape index (κ1) is 12.7. The molecule has 1 rings (SSSR count). The van der Waals surface area contributed by atoms with Crippen LogP contribution >= 0.6 is 11.8 Å². The van der Waals surface area contributed by atoms with Gasteiger partial charge in [-0.1, -0.05) is 0 Å². The van der Waals surface area contributed by atoms with Gasteiger partial charge in [-0.05, 0) is 18.4 Å². The standard InChI is InChI=1S/C11H14O4S/c1-14-10-7-8(15-5-6-16-2)3-4-9(10)11(12)13/h3-4,7H,5-6H2,1-2H3,(H,12,13). The van der Waals surface area contributed by atoms with E-state index in [0.717, 1.165) is 5.75 Å². The summed E-state index contributed by atoms with van der Waals surface area (Å²) in [6, 6.07) is 4.70. The van der Waals surface area contributed by atoms with Crippen molar-refractivity contribution in [1.82, 2.24) is 0 Å². The number of rotatable bonds is 6. The molecule has 0 spiro atoms. The maximum Gasteiger partial charge on any atom is 0.339 e. The number of ether oxygens (including phenoxy) is 2. The molecule has 0 saturated heterocycles. The lowest BCUT2D eigenvalue weighted by Crippen LogP contribution is -2.03. The second kappa shape index (κ2) is 6.27. The normalized spacial score (nSPS) is 9.88. The largest absolute Gasteiger partial charge is 0.496 e. The molecule has 1 aromatic carbocycles. The van der Waals surface area contributed by atoms with Crippen LogP contribution in [0.25, 0.3) is 0 Å². The van der Waals surface area contributed by atoms with Crippen molar-refractivity contribution in [3.05, 3.63) is 23.8 Å². The van der Waals surface area contributed by atoms with Gasteiger partial charge < -0.3 is 14.6 Å². The molecule has 0 aliphatic heterocycles. The van der Waals surface area contributed by atoms with Crippen LogP contribution in [0.2, 0.25) is 0 Å². The highest BCUT2D eigenvalue weighted by Gasteiger charge is 2.11. The Bertz CT molecular complexity index is 365. The quantitative estimate of drug-likeness (QED) is 0.774. The van der Waals surface area contributed by atoms with Crippen molar-refractivity contribution >= 4 is 17.7 Å². The van der Waals surface area contributed by atoms with Gasteiger partial charge in [0.15, 0.2) is 0 Å². The van der Waals surface area contributed by atoms with Gasteiger partial charge in [-0.15, -0.1) is 0 Å². The minimum absolute atomic E-state index is 0.139. The lowest BCUT2D eigenvalue weighted by atomic mass is 10.2. The third-order valence-electron chi connectivity index (χ3n) is 1.96. The van der Waals surface area contributed by atoms with E-state index < -0.39 is 5.97 Å². The Kier molecular flexibility index (Phi) is 4.98. The van der Waals surface area contributed by atoms with Crippen molar-refractivity contribution in [2.75, 3.05) is 25.7 Å². The van der Waals surface area contributed by atoms with Crippen LogP contribution in [0.1, 0.15) is 10.4 Å². The summed E-state index contributed by atoms with van der Waals surface area (Å²) in [6.07, 6.45) is 2.00. The van der Waals surface area contributed by atoms with Gasteiger partial charge in [-0.3, -0.25) is 0 Å². The summed E-state index contributed by atoms with van der Waals surface area (Å²) in [5, 5.41) is 8.88. The number of hydrogen-bond acceptors (Lipinski definition) is 4. The summed E-state index contributed by atoms with van der Waals surface area (Å²) in [6.45, 7) is 0.594. The fraction of sp³-hybridized carbons (Fsp3) is 0.364. The average molecular weight is 242 g/mol. The number of hydrogen-bond donors (Lipinski definition) is 1. The maximum absolute atomic E-state index is 10.8. The van der Waals surface area contributed by atoms with E-state index in [1.54, 1.807) is 23.9 Å². The van der Waals surface area contributed by atoms with Crippen LogP contribution in [0.15, 0.2) is 18.2 Å². The third kappa shape index (κ3) is 3.34. The van der Waals surface area contributed by atoms with Crippen LogP contribution in [-0.2, 0) is 0 Å². The molecule has 1 aromatic rings. The van der Waals surface area contributed by atoms with E-state index in [2.05, 4.69) is 0 Å². The molecule has 5 heteroatoms. The van der Waals surface area contributed by atoms with Crippen LogP contribution in [0.3, 0.4) is 0 Å². The van der Waals surface area contributed by atoms with Gasteiger partial charge >= 0.3 is 5.97 Å². The van der Waals surface area contributed by atoms with Crippen molar-refractivity contribution in [3.63, 3.8) is 0 Å². The topological polar surface area (TPSA) is 55.8 Å². The molecule has 0 atom stereocenters. The highest BCUT2D eigenvalue weighted by molar-refractivity contribution is 7.98. The third-order valence-corrected chi connectivity index (χ3v) is 2.53. The Balaban J connectivity index is 2.78. The fourth-order valence-corrected chi connectivity index (χ4v) is 1.43. The van der Waals surface area contributed by atoms with Gasteiger partial charge in [0.25, 0.3) is 0 Å². The first-order valence-electron chi connectivity index (χ1n) is 4.72. The van der Waals surface area contributed by atoms with Crippen LogP contribution in [0, 0.1) is 0 Å². The van der Waals surface area contributed by atoms with Gasteiger partial charge in [0, 0.05) is 11.8 Å². The highest BCUT2D eigenvalue weighted by atomic mass is 32.2. The van der Waals surface area contributed by atoms with Crippen molar-refractivity contribution in [3.8, 4) is 11.5 Å². The number of carboxylic acids is 1. The predicted octanol–water partition coefficient (Wildman–Crippen LogP) is 2.14. The molecule has 88 valence electrons. The summed E-state index contributed by atoms with van der Waals surface area (Å²) in [7, 11) is 1.44. The van der Waals surface area contributed by atoms with E-state index in [1.807, 2.05) is 6.26 Å². The Morgan fingerprint density at radius 3 is 2.81 bits per heavy atom. The zero-order valence-electron chi connectivity index (χ0n) is 9.23. The fourth-order valence-electron chi connectivity index (χ4n) is 1.18. The van der Waals surface area contributed by atoms with E-state index in [9.17, 15) is 4.79 Å². The molecular formula is C11H14O4S. The maximum atomic E-state index is 10.8. The van der Waals surface area contributed by atoms with Gasteiger partial charge in [-0.25, -0.2) is 4.79 Å². The molecule has 0 amide bonds. The number of aromatic carboxylic acids is 1. The molecule has 0 bridgehead atoms. The minimum atomic E-state index is -1.01. The summed E-state index contributed by atoms with van der Waals surface area (Å²) in [5.74, 6) is 0.820. The lowest BCUT2D eigenvalue weighted by molar-refractivity contribution is 0.0693. The van der Waals surface area contributed by atoms with Crippen molar-refractivity contribution in [1.29, 1.82) is 0 Å². The summed E-state index contributed by atoms with van der Waals surface area (Å²) >= 11 is 1.69. The molecule has 0 fully saturated rings. The molecule has 0 heterocycles. The molecule has 16 heavy (non-hydrogen) atoms. The van der Waals surface area contributed by atoms with Gasteiger partial charge in [0.1, 0.15) is 17.1 Å². The van der Waals surface area contributed by atoms with E-state index in [4.69, 9.17) is 14.6 Å². The minimum Gasteiger partial charge on any atom is -0.496 e. The number of carboxylic acid groups (broad SMARTS) is 1. The smallest absolute Gasteiger partial charge is 0.339 e. The Morgan fingerprint density at radius 2 is 2.25 bits per heavy atom. The lowest BCUT2D eigenvalue weighted by Gasteiger charge is -2.09. The first-order chi connectivity index (χ1) is 7.69. The van der Waals surface area contributed by atoms with Crippen molar-refractivity contribution < 1.29 is 19.4 Å². The second-order valence-corrected chi connectivity index (χ2v) is 3.99. The van der Waals surface area contributed by atoms with Gasteiger partial charge in [0.2, 0.25) is 0 Å². The second-order valence-electron chi connectivity index (χ2n) is 3.01. The molecule has 0 aliphatic rings. The SMILES string of the molecule is COc1cc(OCCSC)ccc1C(=O)O. The predicted molar refractivity (Wildman–Crippen MR) is 63.8 cm³/mol. The van der Waals surface area contributed by atoms with Crippen LogP contribution in [0.5, 0.6) is 11.5 Å².